The van der Waals surface area contributed by atoms with E-state index in [-0.39, 0.29) is 21.8 Å². The maximum absolute atomic E-state index is 12.1. The smallest absolute Gasteiger partial charge is 0.335 e. The van der Waals surface area contributed by atoms with Crippen LogP contribution in [-0.2, 0) is 10.0 Å². The second-order valence-corrected chi connectivity index (χ2v) is 5.66. The number of nitrogens with zero attached hydrogens (tertiary/aromatic N) is 2. The van der Waals surface area contributed by atoms with Crippen LogP contribution in [0.5, 0.6) is 0 Å². The number of benzene rings is 1. The lowest BCUT2D eigenvalue weighted by Crippen LogP contribution is -2.13. The third-order valence-electron chi connectivity index (χ3n) is 2.52. The fourth-order valence-electron chi connectivity index (χ4n) is 1.54. The predicted molar refractivity (Wildman–Crippen MR) is 73.2 cm³/mol. The maximum Gasteiger partial charge on any atom is 0.335 e. The summed E-state index contributed by atoms with van der Waals surface area (Å²) in [5.74, 6) is -1.16. The van der Waals surface area contributed by atoms with E-state index in [4.69, 9.17) is 10.4 Å². The molecule has 8 heteroatoms. The molecule has 0 amide bonds. The monoisotopic (exact) mass is 303 g/mol. The topological polar surface area (TPSA) is 120 Å². The van der Waals surface area contributed by atoms with Gasteiger partial charge in [0.1, 0.15) is 16.7 Å². The van der Waals surface area contributed by atoms with Gasteiger partial charge in [-0.2, -0.15) is 5.26 Å². The van der Waals surface area contributed by atoms with Crippen LogP contribution >= 0.6 is 0 Å². The number of nitriles is 1. The number of pyridine rings is 1. The molecule has 0 bridgehead atoms. The van der Waals surface area contributed by atoms with E-state index in [1.807, 2.05) is 0 Å². The Morgan fingerprint density at radius 1 is 1.29 bits per heavy atom. The van der Waals surface area contributed by atoms with E-state index < -0.39 is 16.0 Å². The second kappa shape index (κ2) is 5.60. The van der Waals surface area contributed by atoms with E-state index in [2.05, 4.69) is 9.71 Å². The molecule has 0 saturated carbocycles. The van der Waals surface area contributed by atoms with Crippen LogP contribution in [0.25, 0.3) is 0 Å². The number of hydrogen-bond donors (Lipinski definition) is 2. The Hall–Kier alpha value is -2.92. The summed E-state index contributed by atoms with van der Waals surface area (Å²) in [6.07, 6.45) is 1.06. The zero-order valence-corrected chi connectivity index (χ0v) is 11.3. The molecular formula is C13H9N3O4S. The van der Waals surface area contributed by atoms with Gasteiger partial charge < -0.3 is 5.11 Å². The number of anilines is 1. The average molecular weight is 303 g/mol. The summed E-state index contributed by atoms with van der Waals surface area (Å²) in [7, 11) is -3.90. The van der Waals surface area contributed by atoms with Crippen LogP contribution in [-0.4, -0.2) is 24.5 Å². The molecule has 0 aliphatic carbocycles. The maximum atomic E-state index is 12.1. The summed E-state index contributed by atoms with van der Waals surface area (Å²) >= 11 is 0. The Balaban J connectivity index is 2.30. The summed E-state index contributed by atoms with van der Waals surface area (Å²) in [6.45, 7) is 0. The average Bonchev–Trinajstić information content (AvgIpc) is 2.47. The molecule has 0 aliphatic rings. The summed E-state index contributed by atoms with van der Waals surface area (Å²) in [5.41, 5.74) is 0.189. The van der Waals surface area contributed by atoms with Crippen molar-refractivity contribution >= 4 is 21.7 Å². The van der Waals surface area contributed by atoms with Crippen molar-refractivity contribution in [2.24, 2.45) is 0 Å². The fourth-order valence-corrected chi connectivity index (χ4v) is 2.53. The van der Waals surface area contributed by atoms with Crippen molar-refractivity contribution in [3.63, 3.8) is 0 Å². The molecule has 21 heavy (non-hydrogen) atoms. The minimum atomic E-state index is -3.90. The Labute approximate surface area is 120 Å². The Kier molecular flexibility index (Phi) is 3.86. The van der Waals surface area contributed by atoms with Crippen LogP contribution in [0.15, 0.2) is 47.5 Å². The lowest BCUT2D eigenvalue weighted by atomic mass is 10.2. The minimum Gasteiger partial charge on any atom is -0.478 e. The van der Waals surface area contributed by atoms with Gasteiger partial charge >= 0.3 is 5.97 Å². The number of carboxylic acids is 1. The normalized spacial score (nSPS) is 10.6. The lowest BCUT2D eigenvalue weighted by Gasteiger charge is -2.08. The molecule has 0 fully saturated rings. The number of carboxylic acid groups (broad SMARTS) is 1. The first-order chi connectivity index (χ1) is 9.92. The first kappa shape index (κ1) is 14.5. The molecule has 0 spiro atoms. The molecule has 1 heterocycles. The van der Waals surface area contributed by atoms with Crippen molar-refractivity contribution in [1.82, 2.24) is 4.98 Å². The van der Waals surface area contributed by atoms with E-state index in [1.165, 1.54) is 36.4 Å². The molecule has 0 radical (unpaired) electrons. The number of carbonyl (C=O) groups is 1. The summed E-state index contributed by atoms with van der Waals surface area (Å²) in [4.78, 5) is 14.4. The SMILES string of the molecule is N#Cc1ccc(S(=O)(=O)Nc2cccc(C(=O)O)c2)cn1. The zero-order chi connectivity index (χ0) is 15.5. The molecule has 2 rings (SSSR count). The third-order valence-corrected chi connectivity index (χ3v) is 3.89. The molecule has 7 nitrogen and oxygen atoms in total. The number of hydrogen-bond acceptors (Lipinski definition) is 5. The van der Waals surface area contributed by atoms with Crippen LogP contribution in [0.4, 0.5) is 5.69 Å². The van der Waals surface area contributed by atoms with Gasteiger partial charge in [0.15, 0.2) is 0 Å². The van der Waals surface area contributed by atoms with E-state index in [1.54, 1.807) is 6.07 Å². The number of nitrogens with one attached hydrogen (secondary N) is 1. The Bertz CT molecular complexity index is 823. The molecule has 0 atom stereocenters. The Morgan fingerprint density at radius 2 is 2.05 bits per heavy atom. The van der Waals surface area contributed by atoms with Crippen molar-refractivity contribution < 1.29 is 18.3 Å². The molecule has 0 aliphatic heterocycles. The van der Waals surface area contributed by atoms with Gasteiger partial charge in [-0.1, -0.05) is 6.07 Å². The standard InChI is InChI=1S/C13H9N3O4S/c14-7-11-4-5-12(8-15-11)21(19,20)16-10-3-1-2-9(6-10)13(17)18/h1-6,8,16H,(H,17,18). The number of sulfonamides is 1. The summed E-state index contributed by atoms with van der Waals surface area (Å²) < 4.78 is 26.5. The van der Waals surface area contributed by atoms with Crippen LogP contribution in [0.2, 0.25) is 0 Å². The molecule has 1 aromatic heterocycles. The second-order valence-electron chi connectivity index (χ2n) is 3.98. The van der Waals surface area contributed by atoms with Gasteiger partial charge in [-0.05, 0) is 30.3 Å². The van der Waals surface area contributed by atoms with Gasteiger partial charge in [-0.3, -0.25) is 4.72 Å². The van der Waals surface area contributed by atoms with Crippen LogP contribution in [0.1, 0.15) is 16.1 Å². The predicted octanol–water partition coefficient (Wildman–Crippen LogP) is 1.45. The van der Waals surface area contributed by atoms with Gasteiger partial charge in [0, 0.05) is 11.9 Å². The van der Waals surface area contributed by atoms with Crippen LogP contribution in [0, 0.1) is 11.3 Å². The highest BCUT2D eigenvalue weighted by Gasteiger charge is 2.15. The van der Waals surface area contributed by atoms with Crippen molar-refractivity contribution in [2.45, 2.75) is 4.90 Å². The van der Waals surface area contributed by atoms with Crippen molar-refractivity contribution in [3.8, 4) is 6.07 Å². The molecule has 106 valence electrons. The molecule has 0 unspecified atom stereocenters. The molecule has 1 aromatic carbocycles. The first-order valence-corrected chi connectivity index (χ1v) is 7.13. The highest BCUT2D eigenvalue weighted by atomic mass is 32.2. The highest BCUT2D eigenvalue weighted by molar-refractivity contribution is 7.92. The fraction of sp³-hybridized carbons (Fsp3) is 0. The molecular weight excluding hydrogens is 294 g/mol. The van der Waals surface area contributed by atoms with E-state index >= 15 is 0 Å². The highest BCUT2D eigenvalue weighted by Crippen LogP contribution is 2.17. The first-order valence-electron chi connectivity index (χ1n) is 5.65. The van der Waals surface area contributed by atoms with E-state index in [0.717, 1.165) is 6.20 Å². The van der Waals surface area contributed by atoms with Gasteiger partial charge in [0.05, 0.1) is 5.56 Å². The quantitative estimate of drug-likeness (QED) is 0.882. The van der Waals surface area contributed by atoms with Crippen LogP contribution in [0.3, 0.4) is 0 Å². The van der Waals surface area contributed by atoms with Crippen molar-refractivity contribution in [3.05, 3.63) is 53.9 Å². The molecule has 0 saturated heterocycles. The Morgan fingerprint density at radius 3 is 2.62 bits per heavy atom. The molecule has 2 aromatic rings. The molecule has 2 N–H and O–H groups in total. The van der Waals surface area contributed by atoms with Crippen molar-refractivity contribution in [2.75, 3.05) is 4.72 Å². The summed E-state index contributed by atoms with van der Waals surface area (Å²) in [5, 5.41) is 17.5. The van der Waals surface area contributed by atoms with E-state index in [0.29, 0.717) is 0 Å². The van der Waals surface area contributed by atoms with Gasteiger partial charge in [-0.15, -0.1) is 0 Å². The number of aromatic nitrogens is 1. The van der Waals surface area contributed by atoms with E-state index in [9.17, 15) is 13.2 Å². The zero-order valence-electron chi connectivity index (χ0n) is 10.5. The van der Waals surface area contributed by atoms with Crippen LogP contribution < -0.4 is 4.72 Å². The van der Waals surface area contributed by atoms with Gasteiger partial charge in [-0.25, -0.2) is 18.2 Å². The third kappa shape index (κ3) is 3.34. The van der Waals surface area contributed by atoms with Gasteiger partial charge in [0.25, 0.3) is 10.0 Å². The minimum absolute atomic E-state index is 0.0341. The number of rotatable bonds is 4. The van der Waals surface area contributed by atoms with Crippen molar-refractivity contribution in [1.29, 1.82) is 5.26 Å². The van der Waals surface area contributed by atoms with Gasteiger partial charge in [0.2, 0.25) is 0 Å². The number of aromatic carboxylic acids is 1. The summed E-state index contributed by atoms with van der Waals surface area (Å²) in [6, 6.07) is 9.73. The largest absolute Gasteiger partial charge is 0.478 e. The lowest BCUT2D eigenvalue weighted by molar-refractivity contribution is 0.0697.